The second-order valence-electron chi connectivity index (χ2n) is 4.73. The van der Waals surface area contributed by atoms with Crippen LogP contribution in [0.4, 0.5) is 11.4 Å². The Balaban J connectivity index is 2.01. The summed E-state index contributed by atoms with van der Waals surface area (Å²) < 4.78 is 0. The van der Waals surface area contributed by atoms with Crippen molar-refractivity contribution in [2.75, 3.05) is 17.2 Å². The Hall–Kier alpha value is -1.51. The number of rotatable bonds is 4. The molecule has 1 aromatic carbocycles. The van der Waals surface area contributed by atoms with Crippen LogP contribution in [0.3, 0.4) is 0 Å². The van der Waals surface area contributed by atoms with Crippen molar-refractivity contribution in [3.05, 3.63) is 23.8 Å². The molecule has 1 atom stereocenters. The molecule has 0 fully saturated rings. The lowest BCUT2D eigenvalue weighted by Gasteiger charge is -2.12. The highest BCUT2D eigenvalue weighted by atomic mass is 16.1. The third-order valence-electron chi connectivity index (χ3n) is 3.25. The number of hydrogen-bond acceptors (Lipinski definition) is 2. The Morgan fingerprint density at radius 1 is 1.53 bits per heavy atom. The number of carbonyl (C=O) groups is 1. The Morgan fingerprint density at radius 3 is 3.12 bits per heavy atom. The first-order valence-electron chi connectivity index (χ1n) is 6.38. The predicted molar refractivity (Wildman–Crippen MR) is 71.3 cm³/mol. The van der Waals surface area contributed by atoms with Crippen molar-refractivity contribution in [3.63, 3.8) is 0 Å². The van der Waals surface area contributed by atoms with Crippen molar-refractivity contribution in [3.8, 4) is 0 Å². The fourth-order valence-electron chi connectivity index (χ4n) is 2.21. The molecule has 92 valence electrons. The van der Waals surface area contributed by atoms with E-state index in [0.29, 0.717) is 0 Å². The second-order valence-corrected chi connectivity index (χ2v) is 4.73. The van der Waals surface area contributed by atoms with Crippen molar-refractivity contribution >= 4 is 17.3 Å². The number of carbonyl (C=O) groups excluding carboxylic acids is 1. The largest absolute Gasteiger partial charge is 0.384 e. The number of hydrogen-bond donors (Lipinski definition) is 2. The molecule has 0 aliphatic carbocycles. The summed E-state index contributed by atoms with van der Waals surface area (Å²) in [6.45, 7) is 5.08. The second kappa shape index (κ2) is 5.21. The molecule has 2 rings (SSSR count). The number of benzene rings is 1. The quantitative estimate of drug-likeness (QED) is 0.837. The van der Waals surface area contributed by atoms with Crippen LogP contribution < -0.4 is 10.6 Å². The molecule has 2 N–H and O–H groups in total. The summed E-state index contributed by atoms with van der Waals surface area (Å²) in [4.78, 5) is 11.9. The lowest BCUT2D eigenvalue weighted by Crippen LogP contribution is -2.20. The van der Waals surface area contributed by atoms with Gasteiger partial charge in [-0.05, 0) is 36.6 Å². The first-order valence-corrected chi connectivity index (χ1v) is 6.38. The molecule has 3 heteroatoms. The molecule has 17 heavy (non-hydrogen) atoms. The Morgan fingerprint density at radius 2 is 2.35 bits per heavy atom. The summed E-state index contributed by atoms with van der Waals surface area (Å²) >= 11 is 0. The highest BCUT2D eigenvalue weighted by Crippen LogP contribution is 2.25. The first kappa shape index (κ1) is 12.0. The molecule has 1 aliphatic rings. The molecule has 1 heterocycles. The van der Waals surface area contributed by atoms with Gasteiger partial charge in [0.05, 0.1) is 0 Å². The standard InChI is InChI=1S/C14H20N2O/c1-3-4-10(2)14(17)16-12-5-6-13-11(9-12)7-8-15-13/h5-6,9-10,15H,3-4,7-8H2,1-2H3,(H,16,17). The molecule has 0 aromatic heterocycles. The Labute approximate surface area is 103 Å². The third-order valence-corrected chi connectivity index (χ3v) is 3.25. The molecular formula is C14H20N2O. The normalized spacial score (nSPS) is 14.9. The van der Waals surface area contributed by atoms with Gasteiger partial charge in [-0.25, -0.2) is 0 Å². The van der Waals surface area contributed by atoms with E-state index in [1.165, 1.54) is 11.3 Å². The summed E-state index contributed by atoms with van der Waals surface area (Å²) in [6, 6.07) is 6.09. The molecule has 1 unspecified atom stereocenters. The average Bonchev–Trinajstić information content (AvgIpc) is 2.76. The maximum absolute atomic E-state index is 11.9. The highest BCUT2D eigenvalue weighted by molar-refractivity contribution is 5.92. The topological polar surface area (TPSA) is 41.1 Å². The summed E-state index contributed by atoms with van der Waals surface area (Å²) in [5.74, 6) is 0.212. The van der Waals surface area contributed by atoms with Crippen LogP contribution in [-0.4, -0.2) is 12.5 Å². The minimum Gasteiger partial charge on any atom is -0.384 e. The van der Waals surface area contributed by atoms with E-state index in [-0.39, 0.29) is 11.8 Å². The van der Waals surface area contributed by atoms with Crippen LogP contribution in [0.2, 0.25) is 0 Å². The van der Waals surface area contributed by atoms with Gasteiger partial charge < -0.3 is 10.6 Å². The Kier molecular flexibility index (Phi) is 3.67. The van der Waals surface area contributed by atoms with E-state index in [0.717, 1.165) is 31.5 Å². The zero-order chi connectivity index (χ0) is 12.3. The number of amides is 1. The van der Waals surface area contributed by atoms with Crippen molar-refractivity contribution in [1.29, 1.82) is 0 Å². The lowest BCUT2D eigenvalue weighted by atomic mass is 10.1. The molecule has 0 saturated carbocycles. The average molecular weight is 232 g/mol. The van der Waals surface area contributed by atoms with E-state index in [1.54, 1.807) is 0 Å². The van der Waals surface area contributed by atoms with Gasteiger partial charge in [0.2, 0.25) is 5.91 Å². The van der Waals surface area contributed by atoms with Crippen molar-refractivity contribution in [1.82, 2.24) is 0 Å². The molecular weight excluding hydrogens is 212 g/mol. The van der Waals surface area contributed by atoms with Crippen LogP contribution in [0, 0.1) is 5.92 Å². The zero-order valence-corrected chi connectivity index (χ0v) is 10.5. The van der Waals surface area contributed by atoms with E-state index in [9.17, 15) is 4.79 Å². The monoisotopic (exact) mass is 232 g/mol. The fraction of sp³-hybridized carbons (Fsp3) is 0.500. The molecule has 1 aliphatic heterocycles. The van der Waals surface area contributed by atoms with E-state index in [1.807, 2.05) is 19.1 Å². The Bertz CT molecular complexity index is 415. The molecule has 0 saturated heterocycles. The molecule has 0 bridgehead atoms. The predicted octanol–water partition coefficient (Wildman–Crippen LogP) is 3.03. The highest BCUT2D eigenvalue weighted by Gasteiger charge is 2.14. The summed E-state index contributed by atoms with van der Waals surface area (Å²) in [5.41, 5.74) is 3.41. The fourth-order valence-corrected chi connectivity index (χ4v) is 2.21. The van der Waals surface area contributed by atoms with Crippen LogP contribution in [0.1, 0.15) is 32.3 Å². The molecule has 0 spiro atoms. The van der Waals surface area contributed by atoms with Gasteiger partial charge in [-0.3, -0.25) is 4.79 Å². The number of nitrogens with one attached hydrogen (secondary N) is 2. The summed E-state index contributed by atoms with van der Waals surface area (Å²) in [5, 5.41) is 6.30. The van der Waals surface area contributed by atoms with Gasteiger partial charge in [0.1, 0.15) is 0 Å². The summed E-state index contributed by atoms with van der Waals surface area (Å²) in [7, 11) is 0. The van der Waals surface area contributed by atoms with E-state index in [4.69, 9.17) is 0 Å². The van der Waals surface area contributed by atoms with Gasteiger partial charge in [-0.1, -0.05) is 20.3 Å². The molecule has 3 nitrogen and oxygen atoms in total. The maximum atomic E-state index is 11.9. The first-order chi connectivity index (χ1) is 8.20. The number of fused-ring (bicyclic) bond motifs is 1. The van der Waals surface area contributed by atoms with Crippen LogP contribution in [-0.2, 0) is 11.2 Å². The van der Waals surface area contributed by atoms with Crippen molar-refractivity contribution < 1.29 is 4.79 Å². The van der Waals surface area contributed by atoms with Crippen LogP contribution in [0.15, 0.2) is 18.2 Å². The van der Waals surface area contributed by atoms with Crippen LogP contribution in [0.5, 0.6) is 0 Å². The maximum Gasteiger partial charge on any atom is 0.227 e. The van der Waals surface area contributed by atoms with Gasteiger partial charge in [0, 0.05) is 23.8 Å². The minimum absolute atomic E-state index is 0.0892. The lowest BCUT2D eigenvalue weighted by molar-refractivity contribution is -0.119. The molecule has 1 aromatic rings. The van der Waals surface area contributed by atoms with E-state index >= 15 is 0 Å². The summed E-state index contributed by atoms with van der Waals surface area (Å²) in [6.07, 6.45) is 3.03. The smallest absolute Gasteiger partial charge is 0.227 e. The third kappa shape index (κ3) is 2.78. The van der Waals surface area contributed by atoms with Crippen LogP contribution >= 0.6 is 0 Å². The molecule has 0 radical (unpaired) electrons. The van der Waals surface area contributed by atoms with E-state index < -0.39 is 0 Å². The van der Waals surface area contributed by atoms with Gasteiger partial charge in [-0.2, -0.15) is 0 Å². The molecule has 1 amide bonds. The van der Waals surface area contributed by atoms with Gasteiger partial charge >= 0.3 is 0 Å². The van der Waals surface area contributed by atoms with Gasteiger partial charge in [0.25, 0.3) is 0 Å². The zero-order valence-electron chi connectivity index (χ0n) is 10.5. The van der Waals surface area contributed by atoms with Crippen molar-refractivity contribution in [2.45, 2.75) is 33.1 Å². The van der Waals surface area contributed by atoms with Crippen molar-refractivity contribution in [2.24, 2.45) is 5.92 Å². The van der Waals surface area contributed by atoms with Gasteiger partial charge in [0.15, 0.2) is 0 Å². The minimum atomic E-state index is 0.0892. The SMILES string of the molecule is CCCC(C)C(=O)Nc1ccc2c(c1)CCN2. The number of anilines is 2. The van der Waals surface area contributed by atoms with Gasteiger partial charge in [-0.15, -0.1) is 0 Å². The van der Waals surface area contributed by atoms with E-state index in [2.05, 4.69) is 23.6 Å². The van der Waals surface area contributed by atoms with Crippen LogP contribution in [0.25, 0.3) is 0 Å².